The van der Waals surface area contributed by atoms with Crippen LogP contribution in [-0.4, -0.2) is 59.2 Å². The highest BCUT2D eigenvalue weighted by atomic mass is 16.5. The van der Waals surface area contributed by atoms with Crippen molar-refractivity contribution >= 4 is 28.4 Å². The largest absolute Gasteiger partial charge is 0.497 e. The van der Waals surface area contributed by atoms with Crippen LogP contribution < -0.4 is 10.1 Å². The molecule has 5 rings (SSSR count). The summed E-state index contributed by atoms with van der Waals surface area (Å²) in [6, 6.07) is 17.3. The molecule has 1 aromatic carbocycles. The minimum absolute atomic E-state index is 0.0678. The van der Waals surface area contributed by atoms with Crippen molar-refractivity contribution in [2.75, 3.05) is 38.7 Å². The van der Waals surface area contributed by atoms with Crippen molar-refractivity contribution in [3.8, 4) is 5.75 Å². The van der Waals surface area contributed by atoms with Gasteiger partial charge in [0.15, 0.2) is 0 Å². The number of H-pyrrole nitrogens is 1. The van der Waals surface area contributed by atoms with E-state index in [1.54, 1.807) is 25.4 Å². The number of carbonyl (C=O) groups excluding carboxylic acids is 1. The number of carbonyl (C=O) groups is 1. The topological polar surface area (TPSA) is 92.4 Å². The van der Waals surface area contributed by atoms with E-state index >= 15 is 0 Å². The van der Waals surface area contributed by atoms with Crippen LogP contribution in [0, 0.1) is 5.92 Å². The van der Waals surface area contributed by atoms with Crippen molar-refractivity contribution in [3.05, 3.63) is 78.2 Å². The minimum atomic E-state index is -0.0678. The van der Waals surface area contributed by atoms with Gasteiger partial charge in [0.25, 0.3) is 5.91 Å². The first-order chi connectivity index (χ1) is 16.7. The first kappa shape index (κ1) is 21.9. The fraction of sp³-hybridized carbons (Fsp3) is 0.269. The molecule has 4 aromatic rings. The third-order valence-electron chi connectivity index (χ3n) is 5.96. The number of hydrogen-bond acceptors (Lipinski definition) is 6. The third kappa shape index (κ3) is 4.87. The van der Waals surface area contributed by atoms with Crippen LogP contribution in [0.3, 0.4) is 0 Å². The molecule has 8 nitrogen and oxygen atoms in total. The number of ether oxygens (including phenoxy) is 2. The molecule has 1 fully saturated rings. The summed E-state index contributed by atoms with van der Waals surface area (Å²) in [5.41, 5.74) is 3.19. The summed E-state index contributed by atoms with van der Waals surface area (Å²) < 4.78 is 11.1. The average Bonchev–Trinajstić information content (AvgIpc) is 3.21. The van der Waals surface area contributed by atoms with Gasteiger partial charge in [-0.1, -0.05) is 6.07 Å². The van der Waals surface area contributed by atoms with Crippen molar-refractivity contribution < 1.29 is 14.3 Å². The Morgan fingerprint density at radius 2 is 2.18 bits per heavy atom. The van der Waals surface area contributed by atoms with Crippen molar-refractivity contribution in [2.24, 2.45) is 5.92 Å². The zero-order valence-electron chi connectivity index (χ0n) is 19.0. The lowest BCUT2D eigenvalue weighted by atomic mass is 10.0. The number of aromatic nitrogens is 3. The van der Waals surface area contributed by atoms with E-state index in [0.29, 0.717) is 37.7 Å². The Morgan fingerprint density at radius 1 is 1.24 bits per heavy atom. The lowest BCUT2D eigenvalue weighted by Crippen LogP contribution is -2.36. The van der Waals surface area contributed by atoms with Gasteiger partial charge in [-0.25, -0.2) is 9.97 Å². The van der Waals surface area contributed by atoms with Crippen molar-refractivity contribution in [1.82, 2.24) is 19.9 Å². The van der Waals surface area contributed by atoms with E-state index < -0.39 is 0 Å². The number of nitrogens with zero attached hydrogens (tertiary/aromatic N) is 3. The van der Waals surface area contributed by atoms with Gasteiger partial charge >= 0.3 is 0 Å². The lowest BCUT2D eigenvalue weighted by Gasteiger charge is -2.24. The summed E-state index contributed by atoms with van der Waals surface area (Å²) in [5, 5.41) is 4.35. The number of aromatic amines is 1. The number of nitrogens with one attached hydrogen (secondary N) is 2. The molecular weight excluding hydrogens is 430 g/mol. The SMILES string of the molecule is COc1cccc(Nc2ncccc2C(=O)N2CCOC[C@@H](Cc3ccc4cc[nH]c4n3)C2)c1. The zero-order chi connectivity index (χ0) is 23.3. The van der Waals surface area contributed by atoms with Gasteiger partial charge in [-0.2, -0.15) is 0 Å². The predicted octanol–water partition coefficient (Wildman–Crippen LogP) is 4.04. The second-order valence-electron chi connectivity index (χ2n) is 8.37. The smallest absolute Gasteiger partial charge is 0.257 e. The van der Waals surface area contributed by atoms with Crippen LogP contribution in [-0.2, 0) is 11.2 Å². The van der Waals surface area contributed by atoms with Gasteiger partial charge in [-0.15, -0.1) is 0 Å². The molecule has 1 amide bonds. The summed E-state index contributed by atoms with van der Waals surface area (Å²) in [6.45, 7) is 2.23. The lowest BCUT2D eigenvalue weighted by molar-refractivity contribution is 0.0738. The Labute approximate surface area is 197 Å². The summed E-state index contributed by atoms with van der Waals surface area (Å²) in [5.74, 6) is 1.33. The number of amides is 1. The van der Waals surface area contributed by atoms with E-state index in [2.05, 4.69) is 21.4 Å². The van der Waals surface area contributed by atoms with Crippen molar-refractivity contribution in [2.45, 2.75) is 6.42 Å². The standard InChI is InChI=1S/C26H27N5O3/c1-33-22-5-2-4-20(15-22)30-25-23(6-3-10-27-25)26(32)31-12-13-34-17-18(16-31)14-21-8-7-19-9-11-28-24(19)29-21/h2-11,15,18H,12-14,16-17H2,1H3,(H,27,30)(H,28,29)/t18-/m0/s1. The molecule has 174 valence electrons. The number of benzene rings is 1. The molecular formula is C26H27N5O3. The first-order valence-corrected chi connectivity index (χ1v) is 11.4. The predicted molar refractivity (Wildman–Crippen MR) is 131 cm³/mol. The van der Waals surface area contributed by atoms with E-state index in [1.165, 1.54) is 0 Å². The molecule has 2 N–H and O–H groups in total. The van der Waals surface area contributed by atoms with Gasteiger partial charge in [0, 0.05) is 54.2 Å². The molecule has 1 aliphatic rings. The Balaban J connectivity index is 1.33. The first-order valence-electron chi connectivity index (χ1n) is 11.4. The molecule has 1 saturated heterocycles. The summed E-state index contributed by atoms with van der Waals surface area (Å²) in [4.78, 5) is 27.7. The molecule has 34 heavy (non-hydrogen) atoms. The number of rotatable bonds is 6. The highest BCUT2D eigenvalue weighted by Crippen LogP contribution is 2.24. The Morgan fingerprint density at radius 3 is 3.09 bits per heavy atom. The number of fused-ring (bicyclic) bond motifs is 1. The number of methoxy groups -OCH3 is 1. The fourth-order valence-electron chi connectivity index (χ4n) is 4.25. The second kappa shape index (κ2) is 9.93. The number of anilines is 2. The normalized spacial score (nSPS) is 16.3. The average molecular weight is 458 g/mol. The van der Waals surface area contributed by atoms with Crippen LogP contribution in [0.5, 0.6) is 5.75 Å². The van der Waals surface area contributed by atoms with Gasteiger partial charge in [-0.3, -0.25) is 4.79 Å². The summed E-state index contributed by atoms with van der Waals surface area (Å²) in [6.07, 6.45) is 4.30. The van der Waals surface area contributed by atoms with Crippen molar-refractivity contribution in [3.63, 3.8) is 0 Å². The fourth-order valence-corrected chi connectivity index (χ4v) is 4.25. The second-order valence-corrected chi connectivity index (χ2v) is 8.37. The van der Waals surface area contributed by atoms with E-state index in [-0.39, 0.29) is 11.8 Å². The number of hydrogen-bond donors (Lipinski definition) is 2. The molecule has 1 aliphatic heterocycles. The van der Waals surface area contributed by atoms with E-state index in [1.807, 2.05) is 47.5 Å². The zero-order valence-corrected chi connectivity index (χ0v) is 19.0. The van der Waals surface area contributed by atoms with E-state index in [9.17, 15) is 4.79 Å². The quantitative estimate of drug-likeness (QED) is 0.454. The maximum Gasteiger partial charge on any atom is 0.257 e. The monoisotopic (exact) mass is 457 g/mol. The van der Waals surface area contributed by atoms with Gasteiger partial charge in [0.2, 0.25) is 0 Å². The Kier molecular flexibility index (Phi) is 6.40. The molecule has 0 bridgehead atoms. The molecule has 8 heteroatoms. The highest BCUT2D eigenvalue weighted by Gasteiger charge is 2.26. The maximum absolute atomic E-state index is 13.6. The molecule has 4 heterocycles. The molecule has 0 aliphatic carbocycles. The Hall–Kier alpha value is -3.91. The molecule has 0 radical (unpaired) electrons. The van der Waals surface area contributed by atoms with Gasteiger partial charge in [0.05, 0.1) is 25.9 Å². The molecule has 0 spiro atoms. The maximum atomic E-state index is 13.6. The van der Waals surface area contributed by atoms with Crippen molar-refractivity contribution in [1.29, 1.82) is 0 Å². The van der Waals surface area contributed by atoms with Gasteiger partial charge in [-0.05, 0) is 48.9 Å². The van der Waals surface area contributed by atoms with Crippen LogP contribution in [0.15, 0.2) is 67.0 Å². The van der Waals surface area contributed by atoms with Crippen LogP contribution in [0.2, 0.25) is 0 Å². The van der Waals surface area contributed by atoms with Gasteiger partial charge < -0.3 is 24.7 Å². The molecule has 3 aromatic heterocycles. The third-order valence-corrected chi connectivity index (χ3v) is 5.96. The Bertz CT molecular complexity index is 1290. The summed E-state index contributed by atoms with van der Waals surface area (Å²) >= 11 is 0. The minimum Gasteiger partial charge on any atom is -0.497 e. The van der Waals surface area contributed by atoms with E-state index in [4.69, 9.17) is 14.5 Å². The van der Waals surface area contributed by atoms with Gasteiger partial charge in [0.1, 0.15) is 17.2 Å². The van der Waals surface area contributed by atoms with Crippen LogP contribution in [0.4, 0.5) is 11.5 Å². The highest BCUT2D eigenvalue weighted by molar-refractivity contribution is 5.99. The van der Waals surface area contributed by atoms with Crippen LogP contribution in [0.1, 0.15) is 16.1 Å². The molecule has 1 atom stereocenters. The van der Waals surface area contributed by atoms with Crippen LogP contribution >= 0.6 is 0 Å². The number of pyridine rings is 2. The molecule has 0 unspecified atom stereocenters. The molecule has 0 saturated carbocycles. The summed E-state index contributed by atoms with van der Waals surface area (Å²) in [7, 11) is 1.62. The van der Waals surface area contributed by atoms with Crippen LogP contribution in [0.25, 0.3) is 11.0 Å². The van der Waals surface area contributed by atoms with E-state index in [0.717, 1.165) is 34.6 Å².